The average Bonchev–Trinajstić information content (AvgIpc) is 2.10. The molecule has 0 aliphatic heterocycles. The van der Waals surface area contributed by atoms with E-state index in [2.05, 4.69) is 15.9 Å². The fourth-order valence-corrected chi connectivity index (χ4v) is 1.94. The Bertz CT molecular complexity index is 321. The van der Waals surface area contributed by atoms with Gasteiger partial charge >= 0.3 is 0 Å². The minimum absolute atomic E-state index is 0.311. The van der Waals surface area contributed by atoms with Gasteiger partial charge in [-0.05, 0) is 59.5 Å². The number of halogens is 1. The Kier molecular flexibility index (Phi) is 3.96. The van der Waals surface area contributed by atoms with Crippen LogP contribution < -0.4 is 4.74 Å². The van der Waals surface area contributed by atoms with Crippen molar-refractivity contribution in [2.45, 2.75) is 26.4 Å². The summed E-state index contributed by atoms with van der Waals surface area (Å²) in [7, 11) is 1.65. The van der Waals surface area contributed by atoms with Gasteiger partial charge in [-0.1, -0.05) is 0 Å². The van der Waals surface area contributed by atoms with E-state index < -0.39 is 0 Å². The minimum Gasteiger partial charge on any atom is -0.496 e. The van der Waals surface area contributed by atoms with Crippen LogP contribution in [0.3, 0.4) is 0 Å². The monoisotopic (exact) mass is 258 g/mol. The first-order chi connectivity index (χ1) is 6.54. The van der Waals surface area contributed by atoms with Crippen molar-refractivity contribution in [1.82, 2.24) is 0 Å². The normalized spacial score (nSPS) is 12.6. The van der Waals surface area contributed by atoms with Crippen LogP contribution in [0.4, 0.5) is 0 Å². The molecule has 0 aliphatic carbocycles. The Morgan fingerprint density at radius 3 is 2.64 bits per heavy atom. The van der Waals surface area contributed by atoms with Gasteiger partial charge in [0.2, 0.25) is 0 Å². The Morgan fingerprint density at radius 2 is 2.14 bits per heavy atom. The van der Waals surface area contributed by atoms with Gasteiger partial charge in [0.1, 0.15) is 5.75 Å². The van der Waals surface area contributed by atoms with Crippen LogP contribution in [0.25, 0.3) is 0 Å². The predicted octanol–water partition coefficient (Wildman–Crippen LogP) is 2.69. The van der Waals surface area contributed by atoms with E-state index in [9.17, 15) is 5.11 Å². The summed E-state index contributed by atoms with van der Waals surface area (Å²) >= 11 is 3.42. The lowest BCUT2D eigenvalue weighted by atomic mass is 10.0. The van der Waals surface area contributed by atoms with Gasteiger partial charge in [-0.3, -0.25) is 0 Å². The number of hydrogen-bond acceptors (Lipinski definition) is 2. The molecule has 0 amide bonds. The molecule has 0 aromatic heterocycles. The lowest BCUT2D eigenvalue weighted by molar-refractivity contribution is 0.195. The lowest BCUT2D eigenvalue weighted by Crippen LogP contribution is -2.05. The standard InChI is InChI=1S/C11H15BrO2/c1-7-4-11(14-3)10(12)6-9(7)5-8(2)13/h4,6,8,13H,5H2,1-3H3. The summed E-state index contributed by atoms with van der Waals surface area (Å²) in [5, 5.41) is 9.30. The molecule has 1 N–H and O–H groups in total. The number of aliphatic hydroxyl groups excluding tert-OH is 1. The van der Waals surface area contributed by atoms with Gasteiger partial charge in [-0.25, -0.2) is 0 Å². The zero-order chi connectivity index (χ0) is 10.7. The predicted molar refractivity (Wildman–Crippen MR) is 60.8 cm³/mol. The molecular formula is C11H15BrO2. The molecule has 0 bridgehead atoms. The van der Waals surface area contributed by atoms with E-state index in [-0.39, 0.29) is 6.10 Å². The summed E-state index contributed by atoms with van der Waals surface area (Å²) in [5.74, 6) is 0.830. The third-order valence-electron chi connectivity index (χ3n) is 2.13. The second-order valence-corrected chi connectivity index (χ2v) is 4.32. The molecule has 0 spiro atoms. The molecule has 1 rings (SSSR count). The molecule has 0 fully saturated rings. The van der Waals surface area contributed by atoms with Crippen molar-refractivity contribution < 1.29 is 9.84 Å². The van der Waals surface area contributed by atoms with Crippen LogP contribution >= 0.6 is 15.9 Å². The van der Waals surface area contributed by atoms with E-state index in [0.717, 1.165) is 21.3 Å². The first-order valence-corrected chi connectivity index (χ1v) is 5.35. The summed E-state index contributed by atoms with van der Waals surface area (Å²) in [4.78, 5) is 0. The second kappa shape index (κ2) is 4.80. The molecule has 1 unspecified atom stereocenters. The zero-order valence-corrected chi connectivity index (χ0v) is 10.3. The molecule has 0 saturated heterocycles. The number of rotatable bonds is 3. The highest BCUT2D eigenvalue weighted by atomic mass is 79.9. The third kappa shape index (κ3) is 2.72. The van der Waals surface area contributed by atoms with E-state index in [4.69, 9.17) is 4.74 Å². The van der Waals surface area contributed by atoms with Gasteiger partial charge in [-0.2, -0.15) is 0 Å². The number of aryl methyl sites for hydroxylation is 1. The highest BCUT2D eigenvalue weighted by Gasteiger charge is 2.07. The van der Waals surface area contributed by atoms with Crippen molar-refractivity contribution in [2.24, 2.45) is 0 Å². The van der Waals surface area contributed by atoms with Gasteiger partial charge in [0.25, 0.3) is 0 Å². The molecule has 1 aromatic carbocycles. The van der Waals surface area contributed by atoms with Crippen molar-refractivity contribution in [2.75, 3.05) is 7.11 Å². The largest absolute Gasteiger partial charge is 0.496 e. The van der Waals surface area contributed by atoms with Gasteiger partial charge in [0, 0.05) is 0 Å². The van der Waals surface area contributed by atoms with Gasteiger partial charge in [0.15, 0.2) is 0 Å². The Labute approximate surface area is 93.0 Å². The second-order valence-electron chi connectivity index (χ2n) is 3.47. The molecule has 0 heterocycles. The molecule has 2 nitrogen and oxygen atoms in total. The smallest absolute Gasteiger partial charge is 0.133 e. The summed E-state index contributed by atoms with van der Waals surface area (Å²) in [6.45, 7) is 3.81. The highest BCUT2D eigenvalue weighted by Crippen LogP contribution is 2.28. The molecule has 0 saturated carbocycles. The third-order valence-corrected chi connectivity index (χ3v) is 2.75. The van der Waals surface area contributed by atoms with Crippen LogP contribution in [-0.4, -0.2) is 18.3 Å². The summed E-state index contributed by atoms with van der Waals surface area (Å²) in [6.07, 6.45) is 0.364. The highest BCUT2D eigenvalue weighted by molar-refractivity contribution is 9.10. The fraction of sp³-hybridized carbons (Fsp3) is 0.455. The van der Waals surface area contributed by atoms with Crippen molar-refractivity contribution in [3.05, 3.63) is 27.7 Å². The number of benzene rings is 1. The van der Waals surface area contributed by atoms with Gasteiger partial charge in [-0.15, -0.1) is 0 Å². The Morgan fingerprint density at radius 1 is 1.50 bits per heavy atom. The maximum absolute atomic E-state index is 9.30. The number of methoxy groups -OCH3 is 1. The quantitative estimate of drug-likeness (QED) is 0.904. The number of ether oxygens (including phenoxy) is 1. The molecule has 1 atom stereocenters. The Hall–Kier alpha value is -0.540. The molecule has 3 heteroatoms. The van der Waals surface area contributed by atoms with Crippen LogP contribution in [-0.2, 0) is 6.42 Å². The van der Waals surface area contributed by atoms with Crippen LogP contribution in [0.5, 0.6) is 5.75 Å². The van der Waals surface area contributed by atoms with E-state index in [1.807, 2.05) is 19.1 Å². The molecule has 0 aliphatic rings. The molecule has 14 heavy (non-hydrogen) atoms. The minimum atomic E-state index is -0.311. The first-order valence-electron chi connectivity index (χ1n) is 4.55. The molecular weight excluding hydrogens is 244 g/mol. The van der Waals surface area contributed by atoms with E-state index >= 15 is 0 Å². The maximum atomic E-state index is 9.30. The fourth-order valence-electron chi connectivity index (χ4n) is 1.39. The number of hydrogen-bond donors (Lipinski definition) is 1. The summed E-state index contributed by atoms with van der Waals surface area (Å²) < 4.78 is 6.11. The molecule has 1 aromatic rings. The van der Waals surface area contributed by atoms with E-state index in [0.29, 0.717) is 6.42 Å². The van der Waals surface area contributed by atoms with Crippen molar-refractivity contribution in [3.63, 3.8) is 0 Å². The SMILES string of the molecule is COc1cc(C)c(CC(C)O)cc1Br. The topological polar surface area (TPSA) is 29.5 Å². The van der Waals surface area contributed by atoms with Gasteiger partial charge in [0.05, 0.1) is 17.7 Å². The first kappa shape index (κ1) is 11.5. The molecule has 78 valence electrons. The van der Waals surface area contributed by atoms with Crippen molar-refractivity contribution >= 4 is 15.9 Å². The van der Waals surface area contributed by atoms with E-state index in [1.165, 1.54) is 0 Å². The number of aliphatic hydroxyl groups is 1. The summed E-state index contributed by atoms with van der Waals surface area (Å²) in [6, 6.07) is 3.97. The van der Waals surface area contributed by atoms with Crippen molar-refractivity contribution in [1.29, 1.82) is 0 Å². The van der Waals surface area contributed by atoms with Crippen LogP contribution in [0.2, 0.25) is 0 Å². The van der Waals surface area contributed by atoms with E-state index in [1.54, 1.807) is 14.0 Å². The van der Waals surface area contributed by atoms with Crippen LogP contribution in [0.15, 0.2) is 16.6 Å². The van der Waals surface area contributed by atoms with Gasteiger partial charge < -0.3 is 9.84 Å². The lowest BCUT2D eigenvalue weighted by Gasteiger charge is -2.11. The molecule has 0 radical (unpaired) electrons. The zero-order valence-electron chi connectivity index (χ0n) is 8.67. The Balaban J connectivity index is 3.02. The van der Waals surface area contributed by atoms with Crippen LogP contribution in [0.1, 0.15) is 18.1 Å². The van der Waals surface area contributed by atoms with Crippen LogP contribution in [0, 0.1) is 6.92 Å². The maximum Gasteiger partial charge on any atom is 0.133 e. The summed E-state index contributed by atoms with van der Waals surface area (Å²) in [5.41, 5.74) is 2.29. The van der Waals surface area contributed by atoms with Crippen molar-refractivity contribution in [3.8, 4) is 5.75 Å². The average molecular weight is 259 g/mol.